The number of rotatable bonds is 2. The van der Waals surface area contributed by atoms with E-state index in [4.69, 9.17) is 11.0 Å². The molecule has 0 aromatic heterocycles. The molecule has 0 atom stereocenters. The standard InChI is InChI=1S/C13H9FIN3/c14-10-5-8(7-16)1-3-12(10)18-13-4-2-9(17)6-11(13)15/h1-6,18H,17H2. The van der Waals surface area contributed by atoms with E-state index in [9.17, 15) is 4.39 Å². The molecular formula is C13H9FIN3. The summed E-state index contributed by atoms with van der Waals surface area (Å²) in [5.41, 5.74) is 7.70. The number of hydrogen-bond acceptors (Lipinski definition) is 3. The van der Waals surface area contributed by atoms with Gasteiger partial charge in [0.25, 0.3) is 0 Å². The Bertz CT molecular complexity index is 635. The van der Waals surface area contributed by atoms with Crippen LogP contribution in [0.4, 0.5) is 21.5 Å². The summed E-state index contributed by atoms with van der Waals surface area (Å²) < 4.78 is 14.6. The normalized spacial score (nSPS) is 9.83. The lowest BCUT2D eigenvalue weighted by Crippen LogP contribution is -1.97. The van der Waals surface area contributed by atoms with Crippen LogP contribution in [-0.2, 0) is 0 Å². The molecule has 0 aliphatic carbocycles. The summed E-state index contributed by atoms with van der Waals surface area (Å²) in [6.45, 7) is 0. The van der Waals surface area contributed by atoms with Gasteiger partial charge in [0.05, 0.1) is 23.0 Å². The van der Waals surface area contributed by atoms with Gasteiger partial charge in [-0.3, -0.25) is 0 Å². The lowest BCUT2D eigenvalue weighted by molar-refractivity contribution is 0.631. The smallest absolute Gasteiger partial charge is 0.147 e. The third-order valence-corrected chi connectivity index (χ3v) is 3.25. The Morgan fingerprint density at radius 3 is 2.50 bits per heavy atom. The van der Waals surface area contributed by atoms with Crippen LogP contribution in [0.3, 0.4) is 0 Å². The molecule has 0 aliphatic rings. The number of halogens is 2. The van der Waals surface area contributed by atoms with Gasteiger partial charge in [-0.1, -0.05) is 0 Å². The SMILES string of the molecule is N#Cc1ccc(Nc2ccc(N)cc2I)c(F)c1. The van der Waals surface area contributed by atoms with Crippen LogP contribution in [0, 0.1) is 20.7 Å². The van der Waals surface area contributed by atoms with Crippen LogP contribution >= 0.6 is 22.6 Å². The quantitative estimate of drug-likeness (QED) is 0.640. The first kappa shape index (κ1) is 12.6. The number of benzene rings is 2. The van der Waals surface area contributed by atoms with Crippen molar-refractivity contribution in [2.24, 2.45) is 0 Å². The molecule has 2 rings (SSSR count). The van der Waals surface area contributed by atoms with E-state index < -0.39 is 5.82 Å². The van der Waals surface area contributed by atoms with Crippen LogP contribution in [0.25, 0.3) is 0 Å². The molecule has 0 fully saturated rings. The lowest BCUT2D eigenvalue weighted by atomic mass is 10.2. The Balaban J connectivity index is 2.32. The van der Waals surface area contributed by atoms with Crippen LogP contribution in [0.2, 0.25) is 0 Å². The van der Waals surface area contributed by atoms with E-state index in [2.05, 4.69) is 27.9 Å². The molecule has 2 aromatic carbocycles. The van der Waals surface area contributed by atoms with Gasteiger partial charge in [-0.2, -0.15) is 5.26 Å². The fourth-order valence-electron chi connectivity index (χ4n) is 1.46. The second kappa shape index (κ2) is 5.23. The van der Waals surface area contributed by atoms with Gasteiger partial charge in [-0.15, -0.1) is 0 Å². The highest BCUT2D eigenvalue weighted by Gasteiger charge is 2.06. The Morgan fingerprint density at radius 2 is 1.89 bits per heavy atom. The average molecular weight is 353 g/mol. The van der Waals surface area contributed by atoms with Crippen molar-refractivity contribution in [2.75, 3.05) is 11.1 Å². The first-order valence-corrected chi connectivity index (χ1v) is 6.20. The summed E-state index contributed by atoms with van der Waals surface area (Å²) in [6.07, 6.45) is 0. The minimum absolute atomic E-state index is 0.296. The number of nitrogens with one attached hydrogen (secondary N) is 1. The first-order valence-electron chi connectivity index (χ1n) is 5.12. The maximum atomic E-state index is 13.7. The van der Waals surface area contributed by atoms with E-state index in [1.807, 2.05) is 6.07 Å². The minimum atomic E-state index is -0.457. The highest BCUT2D eigenvalue weighted by molar-refractivity contribution is 14.1. The molecular weight excluding hydrogens is 344 g/mol. The summed E-state index contributed by atoms with van der Waals surface area (Å²) in [5, 5.41) is 11.6. The topological polar surface area (TPSA) is 61.8 Å². The number of nitrogens with zero attached hydrogens (tertiary/aromatic N) is 1. The van der Waals surface area contributed by atoms with Crippen LogP contribution in [0.5, 0.6) is 0 Å². The van der Waals surface area contributed by atoms with E-state index in [0.717, 1.165) is 9.26 Å². The fraction of sp³-hybridized carbons (Fsp3) is 0. The first-order chi connectivity index (χ1) is 8.60. The van der Waals surface area contributed by atoms with E-state index >= 15 is 0 Å². The highest BCUT2D eigenvalue weighted by Crippen LogP contribution is 2.26. The molecule has 0 aliphatic heterocycles. The van der Waals surface area contributed by atoms with Gasteiger partial charge in [0.2, 0.25) is 0 Å². The number of hydrogen-bond donors (Lipinski definition) is 2. The molecule has 3 N–H and O–H groups in total. The van der Waals surface area contributed by atoms with Crippen molar-refractivity contribution >= 4 is 39.7 Å². The van der Waals surface area contributed by atoms with E-state index in [-0.39, 0.29) is 0 Å². The van der Waals surface area contributed by atoms with Crippen LogP contribution < -0.4 is 11.1 Å². The van der Waals surface area contributed by atoms with Crippen molar-refractivity contribution < 1.29 is 4.39 Å². The molecule has 3 nitrogen and oxygen atoms in total. The summed E-state index contributed by atoms with van der Waals surface area (Å²) in [4.78, 5) is 0. The molecule has 0 amide bonds. The zero-order valence-electron chi connectivity index (χ0n) is 9.24. The Morgan fingerprint density at radius 1 is 1.17 bits per heavy atom. The van der Waals surface area contributed by atoms with Gasteiger partial charge >= 0.3 is 0 Å². The second-order valence-electron chi connectivity index (χ2n) is 3.67. The van der Waals surface area contributed by atoms with Gasteiger partial charge in [0.15, 0.2) is 0 Å². The van der Waals surface area contributed by atoms with E-state index in [1.54, 1.807) is 30.3 Å². The molecule has 0 saturated heterocycles. The summed E-state index contributed by atoms with van der Waals surface area (Å²) in [7, 11) is 0. The number of nitrogens with two attached hydrogens (primary N) is 1. The molecule has 5 heteroatoms. The van der Waals surface area contributed by atoms with Crippen LogP contribution in [0.15, 0.2) is 36.4 Å². The van der Waals surface area contributed by atoms with Gasteiger partial charge < -0.3 is 11.1 Å². The number of anilines is 3. The van der Waals surface area contributed by atoms with Gasteiger partial charge in [0.1, 0.15) is 5.82 Å². The van der Waals surface area contributed by atoms with E-state index in [1.165, 1.54) is 6.07 Å². The minimum Gasteiger partial charge on any atom is -0.399 e. The molecule has 2 aromatic rings. The predicted octanol–water partition coefficient (Wildman–Crippen LogP) is 3.63. The fourth-order valence-corrected chi connectivity index (χ4v) is 2.14. The van der Waals surface area contributed by atoms with Gasteiger partial charge in [0, 0.05) is 9.26 Å². The second-order valence-corrected chi connectivity index (χ2v) is 4.83. The average Bonchev–Trinajstić information content (AvgIpc) is 2.34. The Hall–Kier alpha value is -1.81. The molecule has 0 radical (unpaired) electrons. The van der Waals surface area contributed by atoms with Crippen molar-refractivity contribution in [1.29, 1.82) is 5.26 Å². The van der Waals surface area contributed by atoms with Gasteiger partial charge in [-0.05, 0) is 59.0 Å². The number of nitrogen functional groups attached to an aromatic ring is 1. The van der Waals surface area contributed by atoms with Crippen molar-refractivity contribution in [3.05, 3.63) is 51.3 Å². The van der Waals surface area contributed by atoms with Crippen molar-refractivity contribution in [2.45, 2.75) is 0 Å². The van der Waals surface area contributed by atoms with Crippen molar-refractivity contribution in [3.8, 4) is 6.07 Å². The Labute approximate surface area is 118 Å². The zero-order chi connectivity index (χ0) is 13.1. The molecule has 0 spiro atoms. The van der Waals surface area contributed by atoms with Crippen LogP contribution in [0.1, 0.15) is 5.56 Å². The molecule has 0 bridgehead atoms. The highest BCUT2D eigenvalue weighted by atomic mass is 127. The van der Waals surface area contributed by atoms with Crippen LogP contribution in [-0.4, -0.2) is 0 Å². The van der Waals surface area contributed by atoms with Gasteiger partial charge in [-0.25, -0.2) is 4.39 Å². The predicted molar refractivity (Wildman–Crippen MR) is 78.0 cm³/mol. The summed E-state index contributed by atoms with van der Waals surface area (Å²) in [5.74, 6) is -0.457. The third kappa shape index (κ3) is 2.71. The monoisotopic (exact) mass is 353 g/mol. The van der Waals surface area contributed by atoms with Crippen molar-refractivity contribution in [1.82, 2.24) is 0 Å². The van der Waals surface area contributed by atoms with Crippen molar-refractivity contribution in [3.63, 3.8) is 0 Å². The molecule has 18 heavy (non-hydrogen) atoms. The Kier molecular flexibility index (Phi) is 3.67. The zero-order valence-corrected chi connectivity index (χ0v) is 11.4. The number of nitriles is 1. The van der Waals surface area contributed by atoms with E-state index in [0.29, 0.717) is 16.9 Å². The maximum absolute atomic E-state index is 13.7. The lowest BCUT2D eigenvalue weighted by Gasteiger charge is -2.10. The third-order valence-electron chi connectivity index (χ3n) is 2.36. The summed E-state index contributed by atoms with van der Waals surface area (Å²) >= 11 is 2.12. The molecule has 0 heterocycles. The maximum Gasteiger partial charge on any atom is 0.147 e. The largest absolute Gasteiger partial charge is 0.399 e. The molecule has 0 saturated carbocycles. The molecule has 0 unspecified atom stereocenters. The molecule has 90 valence electrons. The summed E-state index contributed by atoms with van der Waals surface area (Å²) in [6, 6.07) is 11.5.